The zero-order chi connectivity index (χ0) is 15.5. The maximum absolute atomic E-state index is 11.5. The van der Waals surface area contributed by atoms with Gasteiger partial charge in [0, 0.05) is 30.5 Å². The molecule has 0 saturated carbocycles. The van der Waals surface area contributed by atoms with Crippen LogP contribution >= 0.6 is 11.3 Å². The summed E-state index contributed by atoms with van der Waals surface area (Å²) < 4.78 is 4.87. The number of rotatable bonds is 8. The van der Waals surface area contributed by atoms with Crippen molar-refractivity contribution < 1.29 is 9.53 Å². The summed E-state index contributed by atoms with van der Waals surface area (Å²) in [5.41, 5.74) is 0. The van der Waals surface area contributed by atoms with Gasteiger partial charge in [-0.2, -0.15) is 0 Å². The van der Waals surface area contributed by atoms with E-state index in [1.54, 1.807) is 25.5 Å². The van der Waals surface area contributed by atoms with Gasteiger partial charge in [-0.3, -0.25) is 9.79 Å². The largest absolute Gasteiger partial charge is 0.383 e. The van der Waals surface area contributed by atoms with E-state index in [1.165, 1.54) is 9.75 Å². The molecule has 118 valence electrons. The topological polar surface area (TPSA) is 74.8 Å². The normalized spacial score (nSPS) is 11.3. The molecule has 0 saturated heterocycles. The van der Waals surface area contributed by atoms with Crippen LogP contribution in [0.5, 0.6) is 0 Å². The number of thiophene rings is 1. The standard InChI is InChI=1S/C14H24N4O2S/c1-4-11-5-6-12(21-11)9-17-14(15-2)18-10-13(19)16-7-8-20-3/h5-6H,4,7-10H2,1-3H3,(H,16,19)(H2,15,17,18). The Kier molecular flexibility index (Phi) is 8.45. The summed E-state index contributed by atoms with van der Waals surface area (Å²) in [5.74, 6) is 0.530. The van der Waals surface area contributed by atoms with Crippen molar-refractivity contribution in [1.82, 2.24) is 16.0 Å². The fourth-order valence-corrected chi connectivity index (χ4v) is 2.52. The van der Waals surface area contributed by atoms with Crippen molar-refractivity contribution in [3.8, 4) is 0 Å². The van der Waals surface area contributed by atoms with Crippen LogP contribution in [0.2, 0.25) is 0 Å². The first kappa shape index (κ1) is 17.5. The molecule has 0 unspecified atom stereocenters. The van der Waals surface area contributed by atoms with E-state index in [1.807, 2.05) is 0 Å². The highest BCUT2D eigenvalue weighted by atomic mass is 32.1. The summed E-state index contributed by atoms with van der Waals surface area (Å²) in [6.07, 6.45) is 1.05. The fourth-order valence-electron chi connectivity index (χ4n) is 1.62. The number of carbonyl (C=O) groups is 1. The molecule has 0 aliphatic rings. The number of methoxy groups -OCH3 is 1. The summed E-state index contributed by atoms with van der Waals surface area (Å²) in [6.45, 7) is 4.06. The van der Waals surface area contributed by atoms with Gasteiger partial charge in [-0.05, 0) is 18.6 Å². The molecule has 21 heavy (non-hydrogen) atoms. The second-order valence-corrected chi connectivity index (χ2v) is 5.60. The van der Waals surface area contributed by atoms with Crippen LogP contribution in [0.15, 0.2) is 17.1 Å². The summed E-state index contributed by atoms with van der Waals surface area (Å²) in [7, 11) is 3.29. The van der Waals surface area contributed by atoms with E-state index >= 15 is 0 Å². The highest BCUT2D eigenvalue weighted by molar-refractivity contribution is 7.11. The Labute approximate surface area is 130 Å². The Bertz CT molecular complexity index is 460. The van der Waals surface area contributed by atoms with Gasteiger partial charge >= 0.3 is 0 Å². The summed E-state index contributed by atoms with van der Waals surface area (Å²) in [5, 5.41) is 8.91. The van der Waals surface area contributed by atoms with Crippen molar-refractivity contribution in [3.05, 3.63) is 21.9 Å². The van der Waals surface area contributed by atoms with Crippen molar-refractivity contribution in [2.24, 2.45) is 4.99 Å². The van der Waals surface area contributed by atoms with E-state index in [9.17, 15) is 4.79 Å². The summed E-state index contributed by atoms with van der Waals surface area (Å²) in [6, 6.07) is 4.25. The predicted molar refractivity (Wildman–Crippen MR) is 86.8 cm³/mol. The first-order chi connectivity index (χ1) is 10.2. The van der Waals surface area contributed by atoms with E-state index < -0.39 is 0 Å². The van der Waals surface area contributed by atoms with E-state index in [4.69, 9.17) is 4.74 Å². The number of amides is 1. The van der Waals surface area contributed by atoms with Gasteiger partial charge in [-0.1, -0.05) is 6.92 Å². The average Bonchev–Trinajstić information content (AvgIpc) is 2.96. The molecule has 1 amide bonds. The van der Waals surface area contributed by atoms with Crippen molar-refractivity contribution in [2.75, 3.05) is 33.9 Å². The second kappa shape index (κ2) is 10.2. The van der Waals surface area contributed by atoms with Crippen molar-refractivity contribution in [1.29, 1.82) is 0 Å². The van der Waals surface area contributed by atoms with Crippen LogP contribution in [0.4, 0.5) is 0 Å². The quantitative estimate of drug-likeness (QED) is 0.376. The Morgan fingerprint density at radius 1 is 1.29 bits per heavy atom. The van der Waals surface area contributed by atoms with Crippen LogP contribution in [0, 0.1) is 0 Å². The number of aliphatic imine (C=N–C) groups is 1. The van der Waals surface area contributed by atoms with Gasteiger partial charge in [-0.25, -0.2) is 0 Å². The third-order valence-electron chi connectivity index (χ3n) is 2.76. The maximum Gasteiger partial charge on any atom is 0.239 e. The molecule has 1 aromatic heterocycles. The van der Waals surface area contributed by atoms with Crippen LogP contribution in [0.3, 0.4) is 0 Å². The molecule has 0 radical (unpaired) electrons. The first-order valence-electron chi connectivity index (χ1n) is 6.97. The molecule has 0 spiro atoms. The zero-order valence-corrected chi connectivity index (χ0v) is 13.7. The lowest BCUT2D eigenvalue weighted by Crippen LogP contribution is -2.43. The number of hydrogen-bond acceptors (Lipinski definition) is 4. The monoisotopic (exact) mass is 312 g/mol. The van der Waals surface area contributed by atoms with E-state index in [0.717, 1.165) is 6.42 Å². The van der Waals surface area contributed by atoms with Crippen molar-refractivity contribution in [3.63, 3.8) is 0 Å². The van der Waals surface area contributed by atoms with Gasteiger partial charge in [0.1, 0.15) is 0 Å². The minimum Gasteiger partial charge on any atom is -0.383 e. The van der Waals surface area contributed by atoms with Crippen LogP contribution in [0.25, 0.3) is 0 Å². The lowest BCUT2D eigenvalue weighted by atomic mass is 10.4. The maximum atomic E-state index is 11.5. The van der Waals surface area contributed by atoms with Crippen LogP contribution in [-0.2, 0) is 22.5 Å². The Morgan fingerprint density at radius 3 is 2.67 bits per heavy atom. The molecule has 0 bridgehead atoms. The average molecular weight is 312 g/mol. The number of guanidine groups is 1. The van der Waals surface area contributed by atoms with Crippen LogP contribution in [0.1, 0.15) is 16.7 Å². The SMILES string of the molecule is CCc1ccc(CNC(=NC)NCC(=O)NCCOC)s1. The number of carbonyl (C=O) groups excluding carboxylic acids is 1. The number of nitrogens with zero attached hydrogens (tertiary/aromatic N) is 1. The molecule has 7 heteroatoms. The Balaban J connectivity index is 2.27. The molecule has 1 aromatic rings. The van der Waals surface area contributed by atoms with Gasteiger partial charge in [0.15, 0.2) is 5.96 Å². The molecular weight excluding hydrogens is 288 g/mol. The molecule has 0 aromatic carbocycles. The van der Waals surface area contributed by atoms with Gasteiger partial charge in [0.05, 0.1) is 19.7 Å². The fraction of sp³-hybridized carbons (Fsp3) is 0.571. The first-order valence-corrected chi connectivity index (χ1v) is 7.79. The van der Waals surface area contributed by atoms with Crippen molar-refractivity contribution >= 4 is 23.2 Å². The number of aryl methyl sites for hydroxylation is 1. The van der Waals surface area contributed by atoms with Gasteiger partial charge in [-0.15, -0.1) is 11.3 Å². The summed E-state index contributed by atoms with van der Waals surface area (Å²) >= 11 is 1.78. The highest BCUT2D eigenvalue weighted by Gasteiger charge is 2.04. The summed E-state index contributed by atoms with van der Waals surface area (Å²) in [4.78, 5) is 18.3. The molecule has 0 aliphatic heterocycles. The molecule has 1 heterocycles. The minimum atomic E-state index is -0.0839. The molecule has 1 rings (SSSR count). The van der Waals surface area contributed by atoms with Crippen LogP contribution in [-0.4, -0.2) is 45.7 Å². The predicted octanol–water partition coefficient (Wildman–Crippen LogP) is 0.738. The van der Waals surface area contributed by atoms with Gasteiger partial charge in [0.2, 0.25) is 5.91 Å². The van der Waals surface area contributed by atoms with Gasteiger partial charge < -0.3 is 20.7 Å². The molecular formula is C14H24N4O2S. The molecule has 3 N–H and O–H groups in total. The number of hydrogen-bond donors (Lipinski definition) is 3. The number of ether oxygens (including phenoxy) is 1. The Morgan fingerprint density at radius 2 is 2.05 bits per heavy atom. The van der Waals surface area contributed by atoms with E-state index in [2.05, 4.69) is 40.0 Å². The number of nitrogens with one attached hydrogen (secondary N) is 3. The second-order valence-electron chi connectivity index (χ2n) is 4.34. The van der Waals surface area contributed by atoms with Crippen molar-refractivity contribution in [2.45, 2.75) is 19.9 Å². The lowest BCUT2D eigenvalue weighted by molar-refractivity contribution is -0.120. The molecule has 0 aliphatic carbocycles. The lowest BCUT2D eigenvalue weighted by Gasteiger charge is -2.11. The third kappa shape index (κ3) is 7.10. The smallest absolute Gasteiger partial charge is 0.239 e. The van der Waals surface area contributed by atoms with Crippen LogP contribution < -0.4 is 16.0 Å². The van der Waals surface area contributed by atoms with E-state index in [-0.39, 0.29) is 12.5 Å². The molecule has 0 fully saturated rings. The highest BCUT2D eigenvalue weighted by Crippen LogP contribution is 2.16. The molecule has 0 atom stereocenters. The third-order valence-corrected chi connectivity index (χ3v) is 3.99. The Hall–Kier alpha value is -1.60. The molecule has 6 nitrogen and oxygen atoms in total. The zero-order valence-electron chi connectivity index (χ0n) is 12.9. The van der Waals surface area contributed by atoms with E-state index in [0.29, 0.717) is 25.7 Å². The van der Waals surface area contributed by atoms with Gasteiger partial charge in [0.25, 0.3) is 0 Å². The minimum absolute atomic E-state index is 0.0839.